The van der Waals surface area contributed by atoms with Crippen molar-refractivity contribution in [3.8, 4) is 0 Å². The number of alkyl carbamates (subject to hydrolysis) is 1. The first-order chi connectivity index (χ1) is 13.2. The number of piperidine rings is 1. The standard InChI is InChI=1S/C23H32N2O3.H2/c1-15-23(24-21(27)28-15)13-18(14-23)20(26)25-11-9-17(10-12-25)16-5-7-19(8-6-16)22(2,3)4;/h5-8,15,17-18H,9-14H2,1-4H3,(H,24,27);1H. The smallest absolute Gasteiger partial charge is 0.408 e. The van der Waals surface area contributed by atoms with Gasteiger partial charge in [-0.25, -0.2) is 4.79 Å². The van der Waals surface area contributed by atoms with E-state index in [1.54, 1.807) is 0 Å². The van der Waals surface area contributed by atoms with E-state index in [0.717, 1.165) is 25.9 Å². The molecule has 0 aromatic heterocycles. The number of hydrogen-bond donors (Lipinski definition) is 1. The van der Waals surface area contributed by atoms with Gasteiger partial charge in [0.25, 0.3) is 0 Å². The first-order valence-corrected chi connectivity index (χ1v) is 10.6. The minimum Gasteiger partial charge on any atom is -0.444 e. The van der Waals surface area contributed by atoms with Crippen LogP contribution in [0.5, 0.6) is 0 Å². The Kier molecular flexibility index (Phi) is 4.67. The molecule has 1 spiro atoms. The van der Waals surface area contributed by atoms with Crippen molar-refractivity contribution < 1.29 is 15.8 Å². The molecule has 2 saturated heterocycles. The zero-order chi connectivity index (χ0) is 20.1. The van der Waals surface area contributed by atoms with E-state index in [4.69, 9.17) is 4.74 Å². The van der Waals surface area contributed by atoms with Gasteiger partial charge >= 0.3 is 6.09 Å². The van der Waals surface area contributed by atoms with Crippen molar-refractivity contribution in [2.75, 3.05) is 13.1 Å². The molecule has 1 aliphatic carbocycles. The molecule has 2 aliphatic heterocycles. The summed E-state index contributed by atoms with van der Waals surface area (Å²) in [7, 11) is 0. The number of carbonyl (C=O) groups excluding carboxylic acids is 2. The highest BCUT2D eigenvalue weighted by Gasteiger charge is 2.57. The van der Waals surface area contributed by atoms with E-state index < -0.39 is 0 Å². The van der Waals surface area contributed by atoms with E-state index >= 15 is 0 Å². The van der Waals surface area contributed by atoms with Crippen molar-refractivity contribution in [1.82, 2.24) is 10.2 Å². The van der Waals surface area contributed by atoms with Gasteiger partial charge in [0.15, 0.2) is 0 Å². The monoisotopic (exact) mass is 386 g/mol. The first-order valence-electron chi connectivity index (χ1n) is 10.6. The lowest BCUT2D eigenvalue weighted by molar-refractivity contribution is -0.143. The number of nitrogens with one attached hydrogen (secondary N) is 1. The SMILES string of the molecule is CC1OC(=O)NC12CC(C(=O)N1CCC(c3ccc(C(C)(C)C)cc3)CC1)C2.[HH]. The molecule has 28 heavy (non-hydrogen) atoms. The molecule has 1 unspecified atom stereocenters. The lowest BCUT2D eigenvalue weighted by Gasteiger charge is -2.47. The maximum absolute atomic E-state index is 12.9. The van der Waals surface area contributed by atoms with Crippen molar-refractivity contribution in [2.24, 2.45) is 5.92 Å². The molecular formula is C23H34N2O3. The Bertz CT molecular complexity index is 757. The molecule has 1 aromatic rings. The molecule has 0 bridgehead atoms. The second-order valence-corrected chi connectivity index (χ2v) is 9.91. The highest BCUT2D eigenvalue weighted by molar-refractivity contribution is 5.82. The van der Waals surface area contributed by atoms with Crippen LogP contribution >= 0.6 is 0 Å². The van der Waals surface area contributed by atoms with Crippen LogP contribution in [0.25, 0.3) is 0 Å². The van der Waals surface area contributed by atoms with Crippen LogP contribution in [-0.2, 0) is 14.9 Å². The Hall–Kier alpha value is -2.04. The Morgan fingerprint density at radius 1 is 1.18 bits per heavy atom. The zero-order valence-electron chi connectivity index (χ0n) is 17.5. The van der Waals surface area contributed by atoms with Gasteiger partial charge in [-0.3, -0.25) is 4.79 Å². The lowest BCUT2D eigenvalue weighted by atomic mass is 9.65. The van der Waals surface area contributed by atoms with E-state index in [1.807, 2.05) is 11.8 Å². The molecule has 3 aliphatic rings. The number of ether oxygens (including phenoxy) is 1. The van der Waals surface area contributed by atoms with Gasteiger partial charge in [0.05, 0.1) is 5.54 Å². The van der Waals surface area contributed by atoms with Crippen molar-refractivity contribution in [3.05, 3.63) is 35.4 Å². The van der Waals surface area contributed by atoms with Crippen LogP contribution in [-0.4, -0.2) is 41.6 Å². The number of nitrogens with zero attached hydrogens (tertiary/aromatic N) is 1. The van der Waals surface area contributed by atoms with Crippen LogP contribution in [0, 0.1) is 5.92 Å². The normalized spacial score (nSPS) is 30.7. The molecule has 0 radical (unpaired) electrons. The second kappa shape index (κ2) is 6.78. The number of rotatable bonds is 2. The minimum atomic E-state index is -0.350. The van der Waals surface area contributed by atoms with E-state index in [1.165, 1.54) is 11.1 Å². The molecule has 2 heterocycles. The molecule has 2 amide bonds. The fourth-order valence-corrected chi connectivity index (χ4v) is 4.98. The van der Waals surface area contributed by atoms with Crippen molar-refractivity contribution in [3.63, 3.8) is 0 Å². The lowest BCUT2D eigenvalue weighted by Crippen LogP contribution is -2.61. The molecule has 1 aromatic carbocycles. The van der Waals surface area contributed by atoms with Crippen LogP contribution in [0.4, 0.5) is 4.79 Å². The van der Waals surface area contributed by atoms with E-state index in [9.17, 15) is 9.59 Å². The van der Waals surface area contributed by atoms with Gasteiger partial charge in [0.1, 0.15) is 6.10 Å². The average molecular weight is 387 g/mol. The first kappa shape index (κ1) is 19.3. The third-order valence-electron chi connectivity index (χ3n) is 7.04. The summed E-state index contributed by atoms with van der Waals surface area (Å²) in [5.74, 6) is 0.806. The fourth-order valence-electron chi connectivity index (χ4n) is 4.98. The number of cyclic esters (lactones) is 1. The summed E-state index contributed by atoms with van der Waals surface area (Å²) in [6, 6.07) is 9.03. The van der Waals surface area contributed by atoms with Crippen LogP contribution < -0.4 is 5.32 Å². The fraction of sp³-hybridized carbons (Fsp3) is 0.652. The summed E-state index contributed by atoms with van der Waals surface area (Å²) in [5.41, 5.74) is 2.61. The van der Waals surface area contributed by atoms with Crippen molar-refractivity contribution >= 4 is 12.0 Å². The largest absolute Gasteiger partial charge is 0.444 e. The summed E-state index contributed by atoms with van der Waals surface area (Å²) in [6.45, 7) is 10.3. The highest BCUT2D eigenvalue weighted by atomic mass is 16.6. The zero-order valence-corrected chi connectivity index (χ0v) is 17.5. The predicted octanol–water partition coefficient (Wildman–Crippen LogP) is 4.21. The third-order valence-corrected chi connectivity index (χ3v) is 7.04. The molecule has 5 heteroatoms. The quantitative estimate of drug-likeness (QED) is 0.828. The van der Waals surface area contributed by atoms with Crippen LogP contribution in [0.15, 0.2) is 24.3 Å². The van der Waals surface area contributed by atoms with E-state index in [2.05, 4.69) is 50.4 Å². The van der Waals surface area contributed by atoms with Gasteiger partial charge in [-0.15, -0.1) is 0 Å². The number of hydrogen-bond acceptors (Lipinski definition) is 3. The van der Waals surface area contributed by atoms with Gasteiger partial charge in [-0.1, -0.05) is 45.0 Å². The predicted molar refractivity (Wildman–Crippen MR) is 110 cm³/mol. The number of likely N-dealkylation sites (tertiary alicyclic amines) is 1. The molecule has 5 nitrogen and oxygen atoms in total. The summed E-state index contributed by atoms with van der Waals surface area (Å²) in [6.07, 6.45) is 2.95. The second-order valence-electron chi connectivity index (χ2n) is 9.91. The van der Waals surface area contributed by atoms with Gasteiger partial charge in [-0.2, -0.15) is 0 Å². The molecule has 1 saturated carbocycles. The Morgan fingerprint density at radius 2 is 1.79 bits per heavy atom. The van der Waals surface area contributed by atoms with E-state index in [-0.39, 0.29) is 36.4 Å². The average Bonchev–Trinajstić information content (AvgIpc) is 2.93. The third kappa shape index (κ3) is 3.40. The van der Waals surface area contributed by atoms with Crippen molar-refractivity contribution in [1.29, 1.82) is 0 Å². The summed E-state index contributed by atoms with van der Waals surface area (Å²) < 4.78 is 5.21. The number of carbonyl (C=O) groups is 2. The Labute approximate surface area is 169 Å². The molecular weight excluding hydrogens is 352 g/mol. The molecule has 3 fully saturated rings. The Morgan fingerprint density at radius 3 is 2.29 bits per heavy atom. The molecule has 154 valence electrons. The van der Waals surface area contributed by atoms with Crippen LogP contribution in [0.2, 0.25) is 0 Å². The summed E-state index contributed by atoms with van der Waals surface area (Å²) >= 11 is 0. The topological polar surface area (TPSA) is 58.6 Å². The Balaban J connectivity index is 0.00000240. The van der Waals surface area contributed by atoms with Crippen molar-refractivity contribution in [2.45, 2.75) is 76.4 Å². The number of amides is 2. The maximum Gasteiger partial charge on any atom is 0.408 e. The molecule has 4 rings (SSSR count). The van der Waals surface area contributed by atoms with Crippen LogP contribution in [0.1, 0.15) is 71.8 Å². The maximum atomic E-state index is 12.9. The van der Waals surface area contributed by atoms with Gasteiger partial charge in [0.2, 0.25) is 5.91 Å². The summed E-state index contributed by atoms with van der Waals surface area (Å²) in [4.78, 5) is 26.4. The minimum absolute atomic E-state index is 0. The molecule has 1 N–H and O–H groups in total. The molecule has 1 atom stereocenters. The van der Waals surface area contributed by atoms with Crippen LogP contribution in [0.3, 0.4) is 0 Å². The van der Waals surface area contributed by atoms with Gasteiger partial charge < -0.3 is 15.0 Å². The highest BCUT2D eigenvalue weighted by Crippen LogP contribution is 2.45. The van der Waals surface area contributed by atoms with Gasteiger partial charge in [-0.05, 0) is 55.1 Å². The summed E-state index contributed by atoms with van der Waals surface area (Å²) in [5, 5.41) is 2.92. The number of benzene rings is 1. The van der Waals surface area contributed by atoms with Gasteiger partial charge in [0, 0.05) is 20.4 Å². The van der Waals surface area contributed by atoms with E-state index in [0.29, 0.717) is 18.8 Å².